The summed E-state index contributed by atoms with van der Waals surface area (Å²) in [4.78, 5) is 23.8. The Hall–Kier alpha value is -16.2. The molecule has 0 aromatic heterocycles. The summed E-state index contributed by atoms with van der Waals surface area (Å²) in [6, 6.07) is 164. The quantitative estimate of drug-likeness (QED) is 0.0431. The minimum Gasteiger partial charge on any atom is -0.497 e. The van der Waals surface area contributed by atoms with Crippen molar-refractivity contribution < 1.29 is 14.4 Å². The first kappa shape index (κ1) is 81.5. The molecule has 0 amide bonds. The number of para-hydroxylation sites is 3. The largest absolute Gasteiger partial charge is 0.497 e. The molecular formula is C113H93N7O4. The first-order valence-electron chi connectivity index (χ1n) is 41.3. The highest BCUT2D eigenvalue weighted by atomic mass is 16.6. The number of benzene rings is 18. The number of methoxy groups -OCH3 is 2. The van der Waals surface area contributed by atoms with Gasteiger partial charge in [0.2, 0.25) is 0 Å². The minimum atomic E-state index is -0.384. The summed E-state index contributed by atoms with van der Waals surface area (Å²) in [5.74, 6) is 1.71. The lowest BCUT2D eigenvalue weighted by Gasteiger charge is -2.26. The Bertz CT molecular complexity index is 6410. The standard InChI is InChI=1S/2C38H32N2O.C37H29N3O2/c1-39(37-14-9-15-38(28-37)41-2)33-22-16-31(17-23-33)32-20-26-36(27-21-32)40(34-12-7-4-8-13-34)35-24-18-30(19-25-35)29-10-5-3-6-11-29;1-39(34-25-27-38(41-2)28-26-34)33-19-13-31(14-20-33)32-17-23-37(24-18-32)40(35-11-7-4-8-12-35)36-21-15-30(16-22-36)29-9-5-3-6-10-29;1-38(33-24-26-37(27-25-33)40(41)42)32-18-12-30(13-19-32)31-16-22-36(23-17-31)39(34-10-6-3-7-11-34)35-20-14-29(15-21-35)28-8-4-2-5-9-28/h2*3-28H,1-2H3;2-27H,1H3. The van der Waals surface area contributed by atoms with Crippen LogP contribution < -0.4 is 38.9 Å². The van der Waals surface area contributed by atoms with Gasteiger partial charge in [0.1, 0.15) is 11.5 Å². The highest BCUT2D eigenvalue weighted by Gasteiger charge is 2.19. The van der Waals surface area contributed by atoms with Crippen LogP contribution >= 0.6 is 0 Å². The number of nitrogens with zero attached hydrogens (tertiary/aromatic N) is 7. The number of anilines is 15. The van der Waals surface area contributed by atoms with E-state index in [2.05, 4.69) is 433 Å². The van der Waals surface area contributed by atoms with Crippen molar-refractivity contribution in [2.75, 3.05) is 64.8 Å². The second kappa shape index (κ2) is 39.1. The molecule has 0 heterocycles. The molecule has 0 radical (unpaired) electrons. The summed E-state index contributed by atoms with van der Waals surface area (Å²) in [5.41, 5.74) is 30.6. The van der Waals surface area contributed by atoms with E-state index in [9.17, 15) is 10.1 Å². The first-order valence-corrected chi connectivity index (χ1v) is 41.3. The van der Waals surface area contributed by atoms with Crippen LogP contribution in [0.1, 0.15) is 0 Å². The van der Waals surface area contributed by atoms with Crippen LogP contribution in [0.15, 0.2) is 473 Å². The third-order valence-electron chi connectivity index (χ3n) is 22.2. The van der Waals surface area contributed by atoms with Gasteiger partial charge in [-0.05, 0) is 261 Å². The molecule has 11 heteroatoms. The fourth-order valence-electron chi connectivity index (χ4n) is 15.3. The van der Waals surface area contributed by atoms with E-state index in [4.69, 9.17) is 9.47 Å². The Kier molecular flexibility index (Phi) is 25.7. The van der Waals surface area contributed by atoms with Crippen LogP contribution in [0.2, 0.25) is 0 Å². The lowest BCUT2D eigenvalue weighted by atomic mass is 10.0. The van der Waals surface area contributed by atoms with Gasteiger partial charge in [0.15, 0.2) is 0 Å². The van der Waals surface area contributed by atoms with Crippen molar-refractivity contribution in [2.45, 2.75) is 0 Å². The summed E-state index contributed by atoms with van der Waals surface area (Å²) in [6.45, 7) is 0. The van der Waals surface area contributed by atoms with Gasteiger partial charge >= 0.3 is 0 Å². The van der Waals surface area contributed by atoms with Gasteiger partial charge in [-0.2, -0.15) is 0 Å². The zero-order valence-corrected chi connectivity index (χ0v) is 69.8. The Labute approximate surface area is 727 Å². The SMILES string of the molecule is CN(c1ccc(-c2ccc(N(c3ccccc3)c3ccc(-c4ccccc4)cc3)cc2)cc1)c1ccc([N+](=O)[O-])cc1.COc1ccc(N(C)c2ccc(-c3ccc(N(c4ccccc4)c4ccc(-c5ccccc5)cc4)cc3)cc2)cc1.COc1cccc(N(C)c2ccc(-c3ccc(N(c4ccccc4)c4ccc(-c5ccccc5)cc4)cc3)cc2)c1. The smallest absolute Gasteiger partial charge is 0.269 e. The molecule has 0 aliphatic rings. The molecule has 0 unspecified atom stereocenters. The number of nitro groups is 1. The van der Waals surface area contributed by atoms with Crippen molar-refractivity contribution in [3.05, 3.63) is 483 Å². The van der Waals surface area contributed by atoms with Crippen molar-refractivity contribution in [2.24, 2.45) is 0 Å². The van der Waals surface area contributed by atoms with Crippen LogP contribution in [0.4, 0.5) is 91.0 Å². The van der Waals surface area contributed by atoms with Crippen LogP contribution in [-0.2, 0) is 0 Å². The fraction of sp³-hybridized carbons (Fsp3) is 0.0442. The van der Waals surface area contributed by atoms with E-state index in [-0.39, 0.29) is 10.6 Å². The molecule has 0 saturated heterocycles. The molecule has 18 aromatic carbocycles. The fourth-order valence-corrected chi connectivity index (χ4v) is 15.3. The maximum Gasteiger partial charge on any atom is 0.269 e. The average molecular weight is 1610 g/mol. The number of nitro benzene ring substituents is 1. The molecule has 0 fully saturated rings. The van der Waals surface area contributed by atoms with E-state index in [1.165, 1.54) is 67.8 Å². The molecule has 604 valence electrons. The van der Waals surface area contributed by atoms with Crippen molar-refractivity contribution in [3.63, 3.8) is 0 Å². The minimum absolute atomic E-state index is 0.0842. The number of ether oxygens (including phenoxy) is 2. The first-order chi connectivity index (χ1) is 60.9. The molecule has 0 aliphatic heterocycles. The van der Waals surface area contributed by atoms with Crippen LogP contribution in [0, 0.1) is 10.1 Å². The Morgan fingerprint density at radius 2 is 0.363 bits per heavy atom. The molecule has 0 N–H and O–H groups in total. The molecular weight excluding hydrogens is 1520 g/mol. The second-order valence-corrected chi connectivity index (χ2v) is 29.9. The number of rotatable bonds is 24. The third-order valence-corrected chi connectivity index (χ3v) is 22.2. The number of hydrogen-bond acceptors (Lipinski definition) is 10. The molecule has 0 atom stereocenters. The van der Waals surface area contributed by atoms with Gasteiger partial charge in [-0.25, -0.2) is 0 Å². The molecule has 0 aliphatic carbocycles. The normalized spacial score (nSPS) is 10.7. The van der Waals surface area contributed by atoms with Gasteiger partial charge in [-0.3, -0.25) is 10.1 Å². The summed E-state index contributed by atoms with van der Waals surface area (Å²) in [6.07, 6.45) is 0. The maximum absolute atomic E-state index is 11.0. The van der Waals surface area contributed by atoms with E-state index in [1.807, 2.05) is 66.5 Å². The van der Waals surface area contributed by atoms with Crippen LogP contribution in [0.5, 0.6) is 11.5 Å². The maximum atomic E-state index is 11.0. The summed E-state index contributed by atoms with van der Waals surface area (Å²) >= 11 is 0. The highest BCUT2D eigenvalue weighted by molar-refractivity contribution is 5.85. The summed E-state index contributed by atoms with van der Waals surface area (Å²) in [5, 5.41) is 11.0. The van der Waals surface area contributed by atoms with Gasteiger partial charge < -0.3 is 38.9 Å². The van der Waals surface area contributed by atoms with Gasteiger partial charge in [0.25, 0.3) is 5.69 Å². The Morgan fingerprint density at radius 3 is 0.589 bits per heavy atom. The molecule has 0 saturated carbocycles. The van der Waals surface area contributed by atoms with Crippen molar-refractivity contribution in [3.8, 4) is 78.3 Å². The molecule has 0 spiro atoms. The van der Waals surface area contributed by atoms with Gasteiger partial charge in [0, 0.05) is 125 Å². The molecule has 18 rings (SSSR count). The Balaban J connectivity index is 0.000000137. The average Bonchev–Trinajstić information content (AvgIpc) is 0.804. The van der Waals surface area contributed by atoms with Crippen LogP contribution in [-0.4, -0.2) is 40.3 Å². The van der Waals surface area contributed by atoms with Crippen molar-refractivity contribution in [1.29, 1.82) is 0 Å². The summed E-state index contributed by atoms with van der Waals surface area (Å²) < 4.78 is 10.7. The van der Waals surface area contributed by atoms with Gasteiger partial charge in [-0.15, -0.1) is 0 Å². The second-order valence-electron chi connectivity index (χ2n) is 29.9. The lowest BCUT2D eigenvalue weighted by molar-refractivity contribution is -0.384. The van der Waals surface area contributed by atoms with Crippen LogP contribution in [0.25, 0.3) is 66.8 Å². The topological polar surface area (TPSA) is 81.0 Å². The Morgan fingerprint density at radius 1 is 0.185 bits per heavy atom. The van der Waals surface area contributed by atoms with Crippen LogP contribution in [0.3, 0.4) is 0 Å². The van der Waals surface area contributed by atoms with E-state index in [0.29, 0.717) is 0 Å². The summed E-state index contributed by atoms with van der Waals surface area (Å²) in [7, 11) is 9.49. The number of hydrogen-bond donors (Lipinski definition) is 0. The zero-order chi connectivity index (χ0) is 84.9. The van der Waals surface area contributed by atoms with Crippen molar-refractivity contribution in [1.82, 2.24) is 0 Å². The predicted octanol–water partition coefficient (Wildman–Crippen LogP) is 30.7. The van der Waals surface area contributed by atoms with Gasteiger partial charge in [0.05, 0.1) is 19.1 Å². The highest BCUT2D eigenvalue weighted by Crippen LogP contribution is 2.43. The van der Waals surface area contributed by atoms with E-state index in [0.717, 1.165) is 108 Å². The van der Waals surface area contributed by atoms with Gasteiger partial charge in [-0.1, -0.05) is 261 Å². The molecule has 11 nitrogen and oxygen atoms in total. The number of non-ortho nitro benzene ring substituents is 1. The van der Waals surface area contributed by atoms with E-state index < -0.39 is 0 Å². The molecule has 0 bridgehead atoms. The van der Waals surface area contributed by atoms with E-state index >= 15 is 0 Å². The zero-order valence-electron chi connectivity index (χ0n) is 69.8. The predicted molar refractivity (Wildman–Crippen MR) is 519 cm³/mol. The lowest BCUT2D eigenvalue weighted by Crippen LogP contribution is -2.09. The monoisotopic (exact) mass is 1610 g/mol. The van der Waals surface area contributed by atoms with Crippen molar-refractivity contribution >= 4 is 91.0 Å². The van der Waals surface area contributed by atoms with E-state index in [1.54, 1.807) is 26.4 Å². The molecule has 124 heavy (non-hydrogen) atoms. The third kappa shape index (κ3) is 19.5. The molecule has 18 aromatic rings.